The summed E-state index contributed by atoms with van der Waals surface area (Å²) in [5.41, 5.74) is 4.74. The fourth-order valence-corrected chi connectivity index (χ4v) is 3.29. The molecule has 1 amide bonds. The van der Waals surface area contributed by atoms with Gasteiger partial charge in [0.25, 0.3) is 5.91 Å². The molecule has 2 N–H and O–H groups in total. The first-order valence-electron chi connectivity index (χ1n) is 9.27. The third-order valence-corrected chi connectivity index (χ3v) is 5.20. The number of fused-ring (bicyclic) bond motifs is 1. The van der Waals surface area contributed by atoms with E-state index in [9.17, 15) is 4.79 Å². The number of aryl methyl sites for hydroxylation is 1. The number of imidazole rings is 1. The summed E-state index contributed by atoms with van der Waals surface area (Å²) in [6, 6.07) is 16.3. The van der Waals surface area contributed by atoms with Crippen LogP contribution in [-0.4, -0.2) is 30.1 Å². The van der Waals surface area contributed by atoms with Crippen LogP contribution in [0.2, 0.25) is 5.02 Å². The first-order chi connectivity index (χ1) is 14.5. The number of aromatic nitrogens is 2. The molecule has 0 fully saturated rings. The highest BCUT2D eigenvalue weighted by atomic mass is 35.5. The van der Waals surface area contributed by atoms with Crippen molar-refractivity contribution in [2.24, 2.45) is 0 Å². The van der Waals surface area contributed by atoms with Crippen molar-refractivity contribution in [2.45, 2.75) is 6.92 Å². The van der Waals surface area contributed by atoms with Crippen LogP contribution in [0.25, 0.3) is 22.4 Å². The third-order valence-electron chi connectivity index (χ3n) is 4.79. The number of aromatic amines is 1. The van der Waals surface area contributed by atoms with Crippen molar-refractivity contribution in [3.05, 3.63) is 70.7 Å². The van der Waals surface area contributed by atoms with Crippen LogP contribution in [0.4, 0.5) is 5.69 Å². The summed E-state index contributed by atoms with van der Waals surface area (Å²) in [4.78, 5) is 20.5. The lowest BCUT2D eigenvalue weighted by Crippen LogP contribution is -2.12. The number of benzene rings is 3. The second kappa shape index (κ2) is 8.08. The Morgan fingerprint density at radius 3 is 2.30 bits per heavy atom. The number of methoxy groups -OCH3 is 2. The van der Waals surface area contributed by atoms with Gasteiger partial charge in [-0.1, -0.05) is 11.6 Å². The van der Waals surface area contributed by atoms with Gasteiger partial charge < -0.3 is 19.8 Å². The van der Waals surface area contributed by atoms with Crippen molar-refractivity contribution < 1.29 is 14.3 Å². The molecule has 0 atom stereocenters. The lowest BCUT2D eigenvalue weighted by atomic mass is 10.1. The molecular formula is C23H20ClN3O3. The molecule has 0 aliphatic rings. The minimum absolute atomic E-state index is 0.256. The molecule has 1 heterocycles. The van der Waals surface area contributed by atoms with Gasteiger partial charge in [-0.25, -0.2) is 4.98 Å². The Labute approximate surface area is 178 Å². The van der Waals surface area contributed by atoms with Gasteiger partial charge in [0.2, 0.25) is 0 Å². The fourth-order valence-electron chi connectivity index (χ4n) is 3.13. The maximum absolute atomic E-state index is 12.6. The van der Waals surface area contributed by atoms with E-state index in [0.717, 1.165) is 28.0 Å². The molecule has 0 radical (unpaired) electrons. The van der Waals surface area contributed by atoms with Crippen LogP contribution >= 0.6 is 11.6 Å². The minimum Gasteiger partial charge on any atom is -0.497 e. The van der Waals surface area contributed by atoms with E-state index < -0.39 is 0 Å². The Bertz CT molecular complexity index is 1170. The topological polar surface area (TPSA) is 76.2 Å². The maximum Gasteiger partial charge on any atom is 0.255 e. The molecule has 4 aromatic rings. The summed E-state index contributed by atoms with van der Waals surface area (Å²) in [6.07, 6.45) is 0. The molecule has 0 aliphatic heterocycles. The van der Waals surface area contributed by atoms with Crippen LogP contribution in [0, 0.1) is 6.92 Å². The lowest BCUT2D eigenvalue weighted by molar-refractivity contribution is 0.102. The zero-order valence-corrected chi connectivity index (χ0v) is 17.5. The second-order valence-corrected chi connectivity index (χ2v) is 7.24. The minimum atomic E-state index is -0.256. The number of hydrogen-bond acceptors (Lipinski definition) is 4. The van der Waals surface area contributed by atoms with Gasteiger partial charge in [-0.15, -0.1) is 0 Å². The Kier molecular flexibility index (Phi) is 5.33. The van der Waals surface area contributed by atoms with E-state index in [-0.39, 0.29) is 5.91 Å². The van der Waals surface area contributed by atoms with Gasteiger partial charge in [0.05, 0.1) is 25.3 Å². The van der Waals surface area contributed by atoms with Gasteiger partial charge in [0, 0.05) is 27.9 Å². The average Bonchev–Trinajstić information content (AvgIpc) is 3.16. The number of ether oxygens (including phenoxy) is 2. The SMILES string of the molecule is COc1cc(OC)cc(C(=O)Nc2ccc(-c3nc4cc(Cl)c(C)cc4[nH]3)cc2)c1. The zero-order chi connectivity index (χ0) is 21.3. The largest absolute Gasteiger partial charge is 0.497 e. The Morgan fingerprint density at radius 2 is 1.67 bits per heavy atom. The normalized spacial score (nSPS) is 10.8. The van der Waals surface area contributed by atoms with Crippen molar-refractivity contribution in [3.63, 3.8) is 0 Å². The van der Waals surface area contributed by atoms with Gasteiger partial charge in [0.1, 0.15) is 17.3 Å². The summed E-state index contributed by atoms with van der Waals surface area (Å²) < 4.78 is 10.4. The van der Waals surface area contributed by atoms with Crippen molar-refractivity contribution in [2.75, 3.05) is 19.5 Å². The molecule has 0 saturated carbocycles. The van der Waals surface area contributed by atoms with Gasteiger partial charge >= 0.3 is 0 Å². The number of carbonyl (C=O) groups is 1. The van der Waals surface area contributed by atoms with E-state index in [1.807, 2.05) is 43.3 Å². The lowest BCUT2D eigenvalue weighted by Gasteiger charge is -2.09. The van der Waals surface area contributed by atoms with Crippen LogP contribution in [0.15, 0.2) is 54.6 Å². The fraction of sp³-hybridized carbons (Fsp3) is 0.130. The van der Waals surface area contributed by atoms with Crippen molar-refractivity contribution in [1.82, 2.24) is 9.97 Å². The number of halogens is 1. The monoisotopic (exact) mass is 421 g/mol. The van der Waals surface area contributed by atoms with Crippen LogP contribution in [0.3, 0.4) is 0 Å². The van der Waals surface area contributed by atoms with Crippen molar-refractivity contribution in [1.29, 1.82) is 0 Å². The summed E-state index contributed by atoms with van der Waals surface area (Å²) in [5.74, 6) is 1.58. The highest BCUT2D eigenvalue weighted by Gasteiger charge is 2.11. The summed E-state index contributed by atoms with van der Waals surface area (Å²) in [5, 5.41) is 3.57. The number of amides is 1. The summed E-state index contributed by atoms with van der Waals surface area (Å²) in [7, 11) is 3.09. The molecule has 0 unspecified atom stereocenters. The molecule has 0 spiro atoms. The van der Waals surface area contributed by atoms with Gasteiger partial charge in [-0.05, 0) is 61.0 Å². The number of anilines is 1. The van der Waals surface area contributed by atoms with Crippen LogP contribution in [0.1, 0.15) is 15.9 Å². The number of rotatable bonds is 5. The Hall–Kier alpha value is -3.51. The smallest absolute Gasteiger partial charge is 0.255 e. The molecule has 1 aromatic heterocycles. The highest BCUT2D eigenvalue weighted by Crippen LogP contribution is 2.27. The van der Waals surface area contributed by atoms with E-state index >= 15 is 0 Å². The molecular weight excluding hydrogens is 402 g/mol. The van der Waals surface area contributed by atoms with E-state index in [0.29, 0.717) is 27.8 Å². The van der Waals surface area contributed by atoms with Crippen molar-refractivity contribution in [3.8, 4) is 22.9 Å². The molecule has 7 heteroatoms. The molecule has 6 nitrogen and oxygen atoms in total. The summed E-state index contributed by atoms with van der Waals surface area (Å²) in [6.45, 7) is 1.96. The van der Waals surface area contributed by atoms with Gasteiger partial charge in [-0.3, -0.25) is 4.79 Å². The first kappa shape index (κ1) is 19.8. The van der Waals surface area contributed by atoms with Crippen LogP contribution in [0.5, 0.6) is 11.5 Å². The average molecular weight is 422 g/mol. The molecule has 3 aromatic carbocycles. The quantitative estimate of drug-likeness (QED) is 0.448. The number of nitrogens with zero attached hydrogens (tertiary/aromatic N) is 1. The number of carbonyl (C=O) groups excluding carboxylic acids is 1. The van der Waals surface area contributed by atoms with Crippen LogP contribution < -0.4 is 14.8 Å². The Morgan fingerprint density at radius 1 is 1.00 bits per heavy atom. The molecule has 0 aliphatic carbocycles. The molecule has 0 bridgehead atoms. The maximum atomic E-state index is 12.6. The number of hydrogen-bond donors (Lipinski definition) is 2. The number of nitrogens with one attached hydrogen (secondary N) is 2. The van der Waals surface area contributed by atoms with E-state index in [2.05, 4.69) is 15.3 Å². The second-order valence-electron chi connectivity index (χ2n) is 6.84. The highest BCUT2D eigenvalue weighted by molar-refractivity contribution is 6.32. The predicted molar refractivity (Wildman–Crippen MR) is 119 cm³/mol. The van der Waals surface area contributed by atoms with Gasteiger partial charge in [0.15, 0.2) is 0 Å². The molecule has 30 heavy (non-hydrogen) atoms. The van der Waals surface area contributed by atoms with E-state index in [4.69, 9.17) is 21.1 Å². The van der Waals surface area contributed by atoms with Crippen LogP contribution in [-0.2, 0) is 0 Å². The van der Waals surface area contributed by atoms with Gasteiger partial charge in [-0.2, -0.15) is 0 Å². The molecule has 152 valence electrons. The predicted octanol–water partition coefficient (Wildman–Crippen LogP) is 5.46. The zero-order valence-electron chi connectivity index (χ0n) is 16.7. The standard InChI is InChI=1S/C23H20ClN3O3/c1-13-8-20-21(12-19(13)24)27-22(26-20)14-4-6-16(7-5-14)25-23(28)15-9-17(29-2)11-18(10-15)30-3/h4-12H,1-3H3,(H,25,28)(H,26,27). The summed E-state index contributed by atoms with van der Waals surface area (Å²) >= 11 is 6.19. The molecule has 0 saturated heterocycles. The van der Waals surface area contributed by atoms with E-state index in [1.54, 1.807) is 32.4 Å². The number of H-pyrrole nitrogens is 1. The van der Waals surface area contributed by atoms with E-state index in [1.165, 1.54) is 0 Å². The Balaban J connectivity index is 1.55. The van der Waals surface area contributed by atoms with Crippen molar-refractivity contribution >= 4 is 34.2 Å². The first-order valence-corrected chi connectivity index (χ1v) is 9.65. The molecule has 4 rings (SSSR count). The third kappa shape index (κ3) is 3.95.